The summed E-state index contributed by atoms with van der Waals surface area (Å²) < 4.78 is 34.8. The number of hydrogen-bond acceptors (Lipinski definition) is 8. The van der Waals surface area contributed by atoms with Crippen LogP contribution in [0.15, 0.2) is 77.7 Å². The van der Waals surface area contributed by atoms with E-state index < -0.39 is 5.82 Å². The lowest BCUT2D eigenvalue weighted by atomic mass is 10.1. The molecule has 3 heterocycles. The van der Waals surface area contributed by atoms with Crippen molar-refractivity contribution >= 4 is 34.5 Å². The van der Waals surface area contributed by atoms with Crippen LogP contribution < -0.4 is 24.3 Å². The maximum atomic E-state index is 14.8. The third-order valence-corrected chi connectivity index (χ3v) is 7.79. The van der Waals surface area contributed by atoms with Crippen molar-refractivity contribution in [2.24, 2.45) is 0 Å². The van der Waals surface area contributed by atoms with Gasteiger partial charge >= 0.3 is 0 Å². The molecule has 0 unspecified atom stereocenters. The van der Waals surface area contributed by atoms with Gasteiger partial charge in [-0.05, 0) is 73.5 Å². The highest BCUT2D eigenvalue weighted by atomic mass is 32.1. The molecule has 0 amide bonds. The molecule has 228 valence electrons. The average molecular weight is 624 g/mol. The first-order chi connectivity index (χ1) is 22.0. The van der Waals surface area contributed by atoms with Gasteiger partial charge in [-0.1, -0.05) is 48.6 Å². The van der Waals surface area contributed by atoms with Gasteiger partial charge in [0.2, 0.25) is 4.96 Å². The van der Waals surface area contributed by atoms with Crippen LogP contribution in [0, 0.1) is 5.82 Å². The second-order valence-electron chi connectivity index (χ2n) is 9.96. The summed E-state index contributed by atoms with van der Waals surface area (Å²) in [6.07, 6.45) is 8.05. The number of aromatic nitrogens is 5. The van der Waals surface area contributed by atoms with E-state index in [0.717, 1.165) is 17.7 Å². The number of halogens is 1. The van der Waals surface area contributed by atoms with Crippen molar-refractivity contribution in [1.82, 2.24) is 24.4 Å². The fourth-order valence-electron chi connectivity index (χ4n) is 4.70. The number of ether oxygens (including phenoxy) is 3. The molecule has 11 heteroatoms. The van der Waals surface area contributed by atoms with Gasteiger partial charge in [0.15, 0.2) is 28.9 Å². The van der Waals surface area contributed by atoms with Crippen molar-refractivity contribution < 1.29 is 18.6 Å². The molecule has 3 aromatic carbocycles. The Balaban J connectivity index is 1.34. The third-order valence-electron chi connectivity index (χ3n) is 6.83. The maximum absolute atomic E-state index is 14.8. The molecule has 0 saturated carbocycles. The van der Waals surface area contributed by atoms with Crippen LogP contribution in [-0.4, -0.2) is 44.7 Å². The molecule has 45 heavy (non-hydrogen) atoms. The quantitative estimate of drug-likeness (QED) is 0.173. The van der Waals surface area contributed by atoms with Gasteiger partial charge in [-0.25, -0.2) is 9.07 Å². The molecule has 0 atom stereocenters. The Morgan fingerprint density at radius 1 is 0.933 bits per heavy atom. The lowest BCUT2D eigenvalue weighted by molar-refractivity contribution is 0.294. The smallest absolute Gasteiger partial charge is 0.291 e. The summed E-state index contributed by atoms with van der Waals surface area (Å²) in [4.78, 5) is 18.4. The number of rotatable bonds is 11. The van der Waals surface area contributed by atoms with E-state index >= 15 is 0 Å². The molecule has 3 aromatic heterocycles. The van der Waals surface area contributed by atoms with E-state index in [0.29, 0.717) is 56.9 Å². The minimum Gasteiger partial charge on any atom is -0.493 e. The summed E-state index contributed by atoms with van der Waals surface area (Å²) in [6.45, 7) is 4.80. The molecule has 0 bridgehead atoms. The molecule has 6 aromatic rings. The molecule has 6 rings (SSSR count). The normalized spacial score (nSPS) is 12.0. The van der Waals surface area contributed by atoms with Gasteiger partial charge in [0.1, 0.15) is 5.69 Å². The first-order valence-corrected chi connectivity index (χ1v) is 15.3. The van der Waals surface area contributed by atoms with Gasteiger partial charge in [0.05, 0.1) is 30.5 Å². The van der Waals surface area contributed by atoms with Gasteiger partial charge < -0.3 is 14.2 Å². The van der Waals surface area contributed by atoms with Crippen molar-refractivity contribution in [3.8, 4) is 34.2 Å². The second-order valence-corrected chi connectivity index (χ2v) is 11.0. The fraction of sp³-hybridized carbons (Fsp3) is 0.176. The summed E-state index contributed by atoms with van der Waals surface area (Å²) in [7, 11) is 1.60. The van der Waals surface area contributed by atoms with Crippen LogP contribution in [0.3, 0.4) is 0 Å². The summed E-state index contributed by atoms with van der Waals surface area (Å²) in [6, 6.07) is 19.9. The first kappa shape index (κ1) is 29.8. The molecule has 0 N–H and O–H groups in total. The largest absolute Gasteiger partial charge is 0.493 e. The minimum absolute atomic E-state index is 0.170. The molecule has 0 aliphatic heterocycles. The first-order valence-electron chi connectivity index (χ1n) is 14.5. The Kier molecular flexibility index (Phi) is 8.70. The van der Waals surface area contributed by atoms with E-state index in [1.165, 1.54) is 21.9 Å². The number of benzene rings is 3. The van der Waals surface area contributed by atoms with Crippen molar-refractivity contribution in [2.45, 2.75) is 20.3 Å². The van der Waals surface area contributed by atoms with Crippen molar-refractivity contribution in [3.05, 3.63) is 111 Å². The monoisotopic (exact) mass is 623 g/mol. The Morgan fingerprint density at radius 2 is 1.76 bits per heavy atom. The average Bonchev–Trinajstić information content (AvgIpc) is 3.75. The van der Waals surface area contributed by atoms with E-state index in [-0.39, 0.29) is 11.3 Å². The zero-order valence-electron chi connectivity index (χ0n) is 24.9. The number of fused-ring (bicyclic) bond motifs is 1. The highest BCUT2D eigenvalue weighted by Gasteiger charge is 2.16. The summed E-state index contributed by atoms with van der Waals surface area (Å²) in [5.41, 5.74) is 3.11. The SMILES string of the molecule is CCCOc1ccc(/C=C/c2nc3s/c(=C\c4cn(-c5ccccc5)nc4-c4ccc(OCC)c(F)c4)c(=O)n3n2)cc1OC. The lowest BCUT2D eigenvalue weighted by Gasteiger charge is -2.10. The minimum atomic E-state index is -0.488. The summed E-state index contributed by atoms with van der Waals surface area (Å²) in [5, 5.41) is 9.17. The third kappa shape index (κ3) is 6.34. The van der Waals surface area contributed by atoms with E-state index in [2.05, 4.69) is 10.1 Å². The topological polar surface area (TPSA) is 92.8 Å². The van der Waals surface area contributed by atoms with Crippen LogP contribution in [0.1, 0.15) is 37.2 Å². The number of thiazole rings is 1. The number of nitrogens with zero attached hydrogens (tertiary/aromatic N) is 5. The van der Waals surface area contributed by atoms with E-state index in [9.17, 15) is 9.18 Å². The second kappa shape index (κ2) is 13.1. The zero-order valence-corrected chi connectivity index (χ0v) is 25.8. The Morgan fingerprint density at radius 3 is 2.49 bits per heavy atom. The molecular weight excluding hydrogens is 593 g/mol. The Hall–Kier alpha value is -5.29. The molecule has 9 nitrogen and oxygen atoms in total. The van der Waals surface area contributed by atoms with Gasteiger partial charge in [-0.3, -0.25) is 4.79 Å². The van der Waals surface area contributed by atoms with Gasteiger partial charge in [-0.2, -0.15) is 14.6 Å². The van der Waals surface area contributed by atoms with Crippen LogP contribution >= 0.6 is 11.3 Å². The zero-order chi connectivity index (χ0) is 31.3. The lowest BCUT2D eigenvalue weighted by Crippen LogP contribution is -2.23. The predicted molar refractivity (Wildman–Crippen MR) is 174 cm³/mol. The molecule has 0 spiro atoms. The van der Waals surface area contributed by atoms with Crippen molar-refractivity contribution in [2.75, 3.05) is 20.3 Å². The van der Waals surface area contributed by atoms with Crippen LogP contribution in [0.25, 0.3) is 40.1 Å². The fourth-order valence-corrected chi connectivity index (χ4v) is 5.61. The van der Waals surface area contributed by atoms with Crippen LogP contribution in [0.5, 0.6) is 17.2 Å². The number of methoxy groups -OCH3 is 1. The molecule has 0 aliphatic carbocycles. The van der Waals surface area contributed by atoms with E-state index in [1.807, 2.05) is 67.7 Å². The van der Waals surface area contributed by atoms with Gasteiger partial charge in [-0.15, -0.1) is 5.10 Å². The van der Waals surface area contributed by atoms with Crippen LogP contribution in [0.2, 0.25) is 0 Å². The Labute approximate surface area is 262 Å². The Bertz CT molecular complexity index is 2100. The van der Waals surface area contributed by atoms with Crippen molar-refractivity contribution in [3.63, 3.8) is 0 Å². The van der Waals surface area contributed by atoms with E-state index in [1.54, 1.807) is 43.0 Å². The van der Waals surface area contributed by atoms with Crippen LogP contribution in [-0.2, 0) is 0 Å². The van der Waals surface area contributed by atoms with Crippen LogP contribution in [0.4, 0.5) is 4.39 Å². The van der Waals surface area contributed by atoms with Crippen molar-refractivity contribution in [1.29, 1.82) is 0 Å². The summed E-state index contributed by atoms with van der Waals surface area (Å²) in [5.74, 6) is 1.40. The molecular formula is C34H30FN5O4S. The standard InChI is InChI=1S/C34H30FN5O4S/c1-4-17-44-28-14-11-22(18-29(28)42-3)12-16-31-36-34-40(37-31)33(41)30(45-34)20-24-21-39(25-9-7-6-8-10-25)38-32(24)23-13-15-27(43-5-2)26(35)19-23/h6-16,18-21H,4-5,17H2,1-3H3/b16-12+,30-20-. The number of para-hydroxylation sites is 1. The molecule has 0 fully saturated rings. The van der Waals surface area contributed by atoms with Gasteiger partial charge in [0, 0.05) is 17.3 Å². The highest BCUT2D eigenvalue weighted by molar-refractivity contribution is 7.15. The highest BCUT2D eigenvalue weighted by Crippen LogP contribution is 2.30. The van der Waals surface area contributed by atoms with E-state index in [4.69, 9.17) is 19.3 Å². The maximum Gasteiger partial charge on any atom is 0.291 e. The molecule has 0 aliphatic rings. The molecule has 0 radical (unpaired) electrons. The molecule has 0 saturated heterocycles. The summed E-state index contributed by atoms with van der Waals surface area (Å²) >= 11 is 1.22. The number of hydrogen-bond donors (Lipinski definition) is 0. The van der Waals surface area contributed by atoms with Gasteiger partial charge in [0.25, 0.3) is 5.56 Å². The predicted octanol–water partition coefficient (Wildman–Crippen LogP) is 6.06.